The summed E-state index contributed by atoms with van der Waals surface area (Å²) in [7, 11) is 0. The van der Waals surface area contributed by atoms with Crippen LogP contribution in [0.1, 0.15) is 39.4 Å². The van der Waals surface area contributed by atoms with Gasteiger partial charge in [0.15, 0.2) is 0 Å². The number of hydrogen-bond donors (Lipinski definition) is 2. The van der Waals surface area contributed by atoms with Gasteiger partial charge in [0.25, 0.3) is 5.56 Å². The Morgan fingerprint density at radius 2 is 2.35 bits per heavy atom. The van der Waals surface area contributed by atoms with Crippen molar-refractivity contribution < 1.29 is 0 Å². The predicted molar refractivity (Wildman–Crippen MR) is 82.3 cm³/mol. The molecule has 20 heavy (non-hydrogen) atoms. The molecule has 1 saturated heterocycles. The lowest BCUT2D eigenvalue weighted by Crippen LogP contribution is -2.41. The minimum atomic E-state index is -0.0470. The molecule has 112 valence electrons. The van der Waals surface area contributed by atoms with Gasteiger partial charge in [-0.1, -0.05) is 20.8 Å². The number of aryl methyl sites for hydroxylation is 1. The van der Waals surface area contributed by atoms with Crippen LogP contribution in [0.25, 0.3) is 0 Å². The fourth-order valence-corrected chi connectivity index (χ4v) is 2.67. The van der Waals surface area contributed by atoms with Crippen molar-refractivity contribution in [2.75, 3.05) is 24.5 Å². The molecule has 1 aromatic rings. The van der Waals surface area contributed by atoms with Gasteiger partial charge in [-0.2, -0.15) is 0 Å². The second kappa shape index (κ2) is 6.88. The Morgan fingerprint density at radius 3 is 3.05 bits per heavy atom. The first kappa shape index (κ1) is 15.0. The Kier molecular flexibility index (Phi) is 5.17. The average Bonchev–Trinajstić information content (AvgIpc) is 2.44. The van der Waals surface area contributed by atoms with E-state index in [0.29, 0.717) is 12.0 Å². The fourth-order valence-electron chi connectivity index (χ4n) is 2.67. The van der Waals surface area contributed by atoms with Gasteiger partial charge in [-0.25, -0.2) is 4.98 Å². The third kappa shape index (κ3) is 4.07. The molecule has 5 heteroatoms. The van der Waals surface area contributed by atoms with Crippen LogP contribution in [-0.4, -0.2) is 35.6 Å². The Balaban J connectivity index is 2.04. The SMILES string of the molecule is CCc1nc(N2CCCC(CNC(C)C)C2)cc(=O)[nH]1. The average molecular weight is 278 g/mol. The van der Waals surface area contributed by atoms with Gasteiger partial charge in [0, 0.05) is 31.6 Å². The van der Waals surface area contributed by atoms with Gasteiger partial charge in [-0.15, -0.1) is 0 Å². The lowest BCUT2D eigenvalue weighted by molar-refractivity contribution is 0.378. The topological polar surface area (TPSA) is 61.0 Å². The van der Waals surface area contributed by atoms with Crippen molar-refractivity contribution in [3.8, 4) is 0 Å². The molecule has 5 nitrogen and oxygen atoms in total. The molecule has 0 saturated carbocycles. The van der Waals surface area contributed by atoms with E-state index in [4.69, 9.17) is 0 Å². The molecule has 0 radical (unpaired) electrons. The van der Waals surface area contributed by atoms with Crippen molar-refractivity contribution >= 4 is 5.82 Å². The lowest BCUT2D eigenvalue weighted by atomic mass is 9.98. The van der Waals surface area contributed by atoms with Crippen molar-refractivity contribution in [2.24, 2.45) is 5.92 Å². The van der Waals surface area contributed by atoms with Crippen LogP contribution in [0, 0.1) is 5.92 Å². The standard InChI is InChI=1S/C15H26N4O/c1-4-13-17-14(8-15(20)18-13)19-7-5-6-12(10-19)9-16-11(2)3/h8,11-12,16H,4-7,9-10H2,1-3H3,(H,17,18,20). The van der Waals surface area contributed by atoms with E-state index in [1.165, 1.54) is 12.8 Å². The summed E-state index contributed by atoms with van der Waals surface area (Å²) in [5, 5.41) is 3.51. The van der Waals surface area contributed by atoms with Crippen LogP contribution in [0.4, 0.5) is 5.82 Å². The van der Waals surface area contributed by atoms with Gasteiger partial charge >= 0.3 is 0 Å². The van der Waals surface area contributed by atoms with Crippen LogP contribution in [-0.2, 0) is 6.42 Å². The van der Waals surface area contributed by atoms with E-state index in [9.17, 15) is 4.79 Å². The van der Waals surface area contributed by atoms with Crippen molar-refractivity contribution in [3.63, 3.8) is 0 Å². The van der Waals surface area contributed by atoms with E-state index in [1.807, 2.05) is 6.92 Å². The van der Waals surface area contributed by atoms with E-state index < -0.39 is 0 Å². The number of nitrogens with one attached hydrogen (secondary N) is 2. The minimum Gasteiger partial charge on any atom is -0.356 e. The number of rotatable bonds is 5. The quantitative estimate of drug-likeness (QED) is 0.858. The maximum absolute atomic E-state index is 11.7. The van der Waals surface area contributed by atoms with Crippen molar-refractivity contribution in [1.82, 2.24) is 15.3 Å². The highest BCUT2D eigenvalue weighted by Crippen LogP contribution is 2.20. The maximum Gasteiger partial charge on any atom is 0.252 e. The highest BCUT2D eigenvalue weighted by molar-refractivity contribution is 5.38. The van der Waals surface area contributed by atoms with Gasteiger partial charge in [0.1, 0.15) is 11.6 Å². The van der Waals surface area contributed by atoms with Crippen molar-refractivity contribution in [2.45, 2.75) is 46.1 Å². The second-order valence-corrected chi connectivity index (χ2v) is 5.92. The molecule has 1 aromatic heterocycles. The number of aromatic nitrogens is 2. The highest BCUT2D eigenvalue weighted by atomic mass is 16.1. The molecule has 2 rings (SSSR count). The zero-order chi connectivity index (χ0) is 14.5. The largest absolute Gasteiger partial charge is 0.356 e. The maximum atomic E-state index is 11.7. The lowest BCUT2D eigenvalue weighted by Gasteiger charge is -2.34. The molecule has 0 amide bonds. The summed E-state index contributed by atoms with van der Waals surface area (Å²) in [6, 6.07) is 2.15. The van der Waals surface area contributed by atoms with E-state index in [1.54, 1.807) is 6.07 Å². The molecule has 2 N–H and O–H groups in total. The van der Waals surface area contributed by atoms with Crippen LogP contribution in [0.2, 0.25) is 0 Å². The molecule has 2 heterocycles. The van der Waals surface area contributed by atoms with E-state index in [2.05, 4.69) is 34.0 Å². The summed E-state index contributed by atoms with van der Waals surface area (Å²) in [6.45, 7) is 9.38. The van der Waals surface area contributed by atoms with Crippen molar-refractivity contribution in [3.05, 3.63) is 22.2 Å². The molecule has 0 spiro atoms. The minimum absolute atomic E-state index is 0.0470. The number of hydrogen-bond acceptors (Lipinski definition) is 4. The van der Waals surface area contributed by atoms with E-state index >= 15 is 0 Å². The predicted octanol–water partition coefficient (Wildman–Crippen LogP) is 1.55. The van der Waals surface area contributed by atoms with Gasteiger partial charge in [0.2, 0.25) is 0 Å². The zero-order valence-electron chi connectivity index (χ0n) is 12.8. The number of H-pyrrole nitrogens is 1. The second-order valence-electron chi connectivity index (χ2n) is 5.92. The Bertz CT molecular complexity index is 483. The Hall–Kier alpha value is -1.36. The summed E-state index contributed by atoms with van der Waals surface area (Å²) in [5.41, 5.74) is -0.0470. The summed E-state index contributed by atoms with van der Waals surface area (Å²) < 4.78 is 0. The van der Waals surface area contributed by atoms with Crippen molar-refractivity contribution in [1.29, 1.82) is 0 Å². The molecule has 1 aliphatic rings. The summed E-state index contributed by atoms with van der Waals surface area (Å²) in [5.74, 6) is 2.24. The van der Waals surface area contributed by atoms with Gasteiger partial charge < -0.3 is 15.2 Å². The number of piperidine rings is 1. The summed E-state index contributed by atoms with van der Waals surface area (Å²) in [6.07, 6.45) is 3.18. The summed E-state index contributed by atoms with van der Waals surface area (Å²) in [4.78, 5) is 21.3. The van der Waals surface area contributed by atoms with Crippen LogP contribution >= 0.6 is 0 Å². The smallest absolute Gasteiger partial charge is 0.252 e. The first-order chi connectivity index (χ1) is 9.58. The molecule has 0 aliphatic carbocycles. The van der Waals surface area contributed by atoms with Crippen LogP contribution < -0.4 is 15.8 Å². The Labute approximate surface area is 120 Å². The van der Waals surface area contributed by atoms with E-state index in [-0.39, 0.29) is 5.56 Å². The number of nitrogens with zero attached hydrogens (tertiary/aromatic N) is 2. The van der Waals surface area contributed by atoms with E-state index in [0.717, 1.165) is 37.7 Å². The molecular formula is C15H26N4O. The van der Waals surface area contributed by atoms with Crippen LogP contribution in [0.15, 0.2) is 10.9 Å². The molecule has 1 unspecified atom stereocenters. The van der Waals surface area contributed by atoms with Gasteiger partial charge in [0.05, 0.1) is 0 Å². The Morgan fingerprint density at radius 1 is 1.55 bits per heavy atom. The van der Waals surface area contributed by atoms with Crippen LogP contribution in [0.5, 0.6) is 0 Å². The normalized spacial score (nSPS) is 19.6. The molecule has 0 aromatic carbocycles. The van der Waals surface area contributed by atoms with Crippen LogP contribution in [0.3, 0.4) is 0 Å². The molecule has 1 aliphatic heterocycles. The molecular weight excluding hydrogens is 252 g/mol. The molecule has 1 fully saturated rings. The third-order valence-corrected chi connectivity index (χ3v) is 3.77. The number of anilines is 1. The molecule has 0 bridgehead atoms. The fraction of sp³-hybridized carbons (Fsp3) is 0.733. The first-order valence-corrected chi connectivity index (χ1v) is 7.67. The first-order valence-electron chi connectivity index (χ1n) is 7.67. The summed E-state index contributed by atoms with van der Waals surface area (Å²) >= 11 is 0. The zero-order valence-corrected chi connectivity index (χ0v) is 12.8. The third-order valence-electron chi connectivity index (χ3n) is 3.77. The van der Waals surface area contributed by atoms with Gasteiger partial charge in [-0.05, 0) is 25.3 Å². The highest BCUT2D eigenvalue weighted by Gasteiger charge is 2.21. The molecule has 1 atom stereocenters. The monoisotopic (exact) mass is 278 g/mol. The number of aromatic amines is 1. The van der Waals surface area contributed by atoms with Gasteiger partial charge in [-0.3, -0.25) is 4.79 Å².